The van der Waals surface area contributed by atoms with Crippen molar-refractivity contribution in [2.24, 2.45) is 0 Å². The van der Waals surface area contributed by atoms with Crippen molar-refractivity contribution < 1.29 is 8.42 Å². The van der Waals surface area contributed by atoms with E-state index in [-0.39, 0.29) is 4.90 Å². The fraction of sp³-hybridized carbons (Fsp3) is 0.0769. The van der Waals surface area contributed by atoms with E-state index in [1.54, 1.807) is 30.3 Å². The van der Waals surface area contributed by atoms with Crippen LogP contribution in [0.5, 0.6) is 0 Å². The van der Waals surface area contributed by atoms with Crippen molar-refractivity contribution in [2.45, 2.75) is 11.8 Å². The van der Waals surface area contributed by atoms with E-state index in [0.29, 0.717) is 14.6 Å². The smallest absolute Gasteiger partial charge is 0.263 e. The Morgan fingerprint density at radius 1 is 1.10 bits per heavy atom. The van der Waals surface area contributed by atoms with Crippen LogP contribution in [0.1, 0.15) is 5.56 Å². The van der Waals surface area contributed by atoms with E-state index in [1.807, 2.05) is 13.0 Å². The predicted octanol–water partition coefficient (Wildman–Crippen LogP) is 4.93. The molecule has 0 aliphatic carbocycles. The van der Waals surface area contributed by atoms with Crippen molar-refractivity contribution in [2.75, 3.05) is 4.72 Å². The molecule has 0 spiro atoms. The fourth-order valence-corrected chi connectivity index (χ4v) is 4.62. The first-order valence-electron chi connectivity index (χ1n) is 5.53. The van der Waals surface area contributed by atoms with Gasteiger partial charge in [0.05, 0.1) is 0 Å². The van der Waals surface area contributed by atoms with Gasteiger partial charge in [-0.15, -0.1) is 0 Å². The summed E-state index contributed by atoms with van der Waals surface area (Å²) < 4.78 is 29.6. The molecule has 0 radical (unpaired) electrons. The Labute approximate surface area is 148 Å². The molecule has 0 heterocycles. The second-order valence-corrected chi connectivity index (χ2v) is 8.73. The van der Waals surface area contributed by atoms with Gasteiger partial charge in [-0.1, -0.05) is 22.0 Å². The van der Waals surface area contributed by atoms with Gasteiger partial charge in [-0.05, 0) is 81.3 Å². The van der Waals surface area contributed by atoms with Crippen molar-refractivity contribution in [3.8, 4) is 0 Å². The number of nitrogens with one attached hydrogen (secondary N) is 1. The van der Waals surface area contributed by atoms with Gasteiger partial charge >= 0.3 is 0 Å². The summed E-state index contributed by atoms with van der Waals surface area (Å²) in [4.78, 5) is 0.197. The Morgan fingerprint density at radius 3 is 2.45 bits per heavy atom. The maximum atomic E-state index is 12.4. The van der Waals surface area contributed by atoms with E-state index < -0.39 is 10.0 Å². The van der Waals surface area contributed by atoms with Crippen LogP contribution in [0, 0.1) is 10.5 Å². The summed E-state index contributed by atoms with van der Waals surface area (Å²) in [5.74, 6) is 0. The van der Waals surface area contributed by atoms with Crippen LogP contribution in [0.3, 0.4) is 0 Å². The van der Waals surface area contributed by atoms with Crippen LogP contribution in [0.4, 0.5) is 5.69 Å². The largest absolute Gasteiger partial charge is 0.280 e. The van der Waals surface area contributed by atoms with Crippen molar-refractivity contribution in [1.82, 2.24) is 0 Å². The van der Waals surface area contributed by atoms with Crippen LogP contribution in [-0.2, 0) is 10.0 Å². The van der Waals surface area contributed by atoms with Gasteiger partial charge in [0.15, 0.2) is 0 Å². The minimum Gasteiger partial charge on any atom is -0.280 e. The summed E-state index contributed by atoms with van der Waals surface area (Å²) in [6.07, 6.45) is 0. The molecule has 0 aliphatic rings. The zero-order valence-corrected chi connectivity index (χ0v) is 16.5. The van der Waals surface area contributed by atoms with Gasteiger partial charge in [0.25, 0.3) is 10.0 Å². The highest BCUT2D eigenvalue weighted by Crippen LogP contribution is 2.28. The lowest BCUT2D eigenvalue weighted by Crippen LogP contribution is -2.13. The van der Waals surface area contributed by atoms with Crippen LogP contribution in [0.15, 0.2) is 50.2 Å². The number of halogens is 3. The summed E-state index contributed by atoms with van der Waals surface area (Å²) in [6, 6.07) is 10.5. The molecular formula is C13H10Br2INO2S. The summed E-state index contributed by atoms with van der Waals surface area (Å²) in [7, 11) is -3.63. The van der Waals surface area contributed by atoms with Crippen molar-refractivity contribution >= 4 is 70.2 Å². The molecule has 0 amide bonds. The number of aryl methyl sites for hydroxylation is 1. The zero-order valence-electron chi connectivity index (χ0n) is 10.3. The third-order valence-electron chi connectivity index (χ3n) is 2.61. The fourth-order valence-electron chi connectivity index (χ4n) is 1.55. The van der Waals surface area contributed by atoms with Gasteiger partial charge < -0.3 is 0 Å². The number of anilines is 1. The first kappa shape index (κ1) is 16.3. The number of hydrogen-bond acceptors (Lipinski definition) is 2. The maximum absolute atomic E-state index is 12.4. The van der Waals surface area contributed by atoms with Gasteiger partial charge in [-0.25, -0.2) is 8.42 Å². The maximum Gasteiger partial charge on any atom is 0.263 e. The van der Waals surface area contributed by atoms with E-state index >= 15 is 0 Å². The summed E-state index contributed by atoms with van der Waals surface area (Å²) in [5, 5.41) is 0. The Kier molecular flexibility index (Phi) is 5.14. The minimum atomic E-state index is -3.63. The minimum absolute atomic E-state index is 0.197. The molecule has 0 atom stereocenters. The Morgan fingerprint density at radius 2 is 1.80 bits per heavy atom. The number of sulfonamides is 1. The molecule has 20 heavy (non-hydrogen) atoms. The Hall–Kier alpha value is -0.120. The lowest BCUT2D eigenvalue weighted by Gasteiger charge is -2.11. The average Bonchev–Trinajstić information content (AvgIpc) is 2.36. The van der Waals surface area contributed by atoms with Gasteiger partial charge in [0.1, 0.15) is 4.90 Å². The van der Waals surface area contributed by atoms with E-state index in [0.717, 1.165) is 9.13 Å². The van der Waals surface area contributed by atoms with Crippen molar-refractivity contribution in [1.29, 1.82) is 0 Å². The van der Waals surface area contributed by atoms with E-state index in [2.05, 4.69) is 59.2 Å². The molecule has 1 N–H and O–H groups in total. The molecule has 2 rings (SSSR count). The SMILES string of the molecule is Cc1ccc(NS(=O)(=O)c2cc(Br)ccc2Br)cc1I. The summed E-state index contributed by atoms with van der Waals surface area (Å²) >= 11 is 8.72. The monoisotopic (exact) mass is 529 g/mol. The molecule has 106 valence electrons. The highest BCUT2D eigenvalue weighted by atomic mass is 127. The van der Waals surface area contributed by atoms with Crippen LogP contribution < -0.4 is 4.72 Å². The molecule has 0 bridgehead atoms. The van der Waals surface area contributed by atoms with Crippen LogP contribution in [0.25, 0.3) is 0 Å². The predicted molar refractivity (Wildman–Crippen MR) is 96.5 cm³/mol. The van der Waals surface area contributed by atoms with Crippen molar-refractivity contribution in [3.05, 3.63) is 54.5 Å². The number of benzene rings is 2. The molecule has 3 nitrogen and oxygen atoms in total. The molecule has 0 aliphatic heterocycles. The molecule has 0 fully saturated rings. The molecule has 2 aromatic rings. The molecule has 2 aromatic carbocycles. The quantitative estimate of drug-likeness (QED) is 0.572. The topological polar surface area (TPSA) is 46.2 Å². The summed E-state index contributed by atoms with van der Waals surface area (Å²) in [5.41, 5.74) is 1.66. The molecule has 0 saturated carbocycles. The number of rotatable bonds is 3. The van der Waals surface area contributed by atoms with Crippen LogP contribution >= 0.6 is 54.5 Å². The first-order chi connectivity index (χ1) is 9.29. The normalized spacial score (nSPS) is 11.4. The highest BCUT2D eigenvalue weighted by molar-refractivity contribution is 14.1. The van der Waals surface area contributed by atoms with E-state index in [4.69, 9.17) is 0 Å². The van der Waals surface area contributed by atoms with Crippen molar-refractivity contribution in [3.63, 3.8) is 0 Å². The van der Waals surface area contributed by atoms with Gasteiger partial charge in [0, 0.05) is 18.2 Å². The van der Waals surface area contributed by atoms with Crippen LogP contribution in [-0.4, -0.2) is 8.42 Å². The first-order valence-corrected chi connectivity index (χ1v) is 9.68. The Balaban J connectivity index is 2.40. The molecule has 0 saturated heterocycles. The molecule has 0 unspecified atom stereocenters. The highest BCUT2D eigenvalue weighted by Gasteiger charge is 2.18. The second kappa shape index (κ2) is 6.33. The molecule has 7 heteroatoms. The van der Waals surface area contributed by atoms with E-state index in [9.17, 15) is 8.42 Å². The Bertz CT molecular complexity index is 763. The van der Waals surface area contributed by atoms with E-state index in [1.165, 1.54) is 0 Å². The third kappa shape index (κ3) is 3.75. The van der Waals surface area contributed by atoms with Crippen LogP contribution in [0.2, 0.25) is 0 Å². The molecule has 0 aromatic heterocycles. The second-order valence-electron chi connectivity index (χ2n) is 4.14. The lowest BCUT2D eigenvalue weighted by molar-refractivity contribution is 0.600. The van der Waals surface area contributed by atoms with Gasteiger partial charge in [-0.3, -0.25) is 4.72 Å². The average molecular weight is 531 g/mol. The third-order valence-corrected chi connectivity index (χ3v) is 6.64. The zero-order chi connectivity index (χ0) is 14.9. The lowest BCUT2D eigenvalue weighted by atomic mass is 10.2. The molecular weight excluding hydrogens is 521 g/mol. The standard InChI is InChI=1S/C13H10Br2INO2S/c1-8-2-4-10(7-12(8)16)17-20(18,19)13-6-9(14)3-5-11(13)15/h2-7,17H,1H3. The summed E-state index contributed by atoms with van der Waals surface area (Å²) in [6.45, 7) is 1.98. The number of hydrogen-bond donors (Lipinski definition) is 1. The van der Waals surface area contributed by atoms with Gasteiger partial charge in [0.2, 0.25) is 0 Å². The van der Waals surface area contributed by atoms with Gasteiger partial charge in [-0.2, -0.15) is 0 Å².